The third kappa shape index (κ3) is 4.23. The van der Waals surface area contributed by atoms with Crippen molar-refractivity contribution < 1.29 is 9.21 Å². The van der Waals surface area contributed by atoms with Crippen molar-refractivity contribution in [3.8, 4) is 11.5 Å². The summed E-state index contributed by atoms with van der Waals surface area (Å²) in [5, 5.41) is 14.0. The molecule has 0 unspecified atom stereocenters. The number of amides is 1. The Hall–Kier alpha value is -1.61. The van der Waals surface area contributed by atoms with Gasteiger partial charge in [-0.15, -0.1) is 21.5 Å². The number of carbonyl (C=O) groups excluding carboxylic acids is 1. The van der Waals surface area contributed by atoms with E-state index in [4.69, 9.17) is 27.6 Å². The van der Waals surface area contributed by atoms with Crippen molar-refractivity contribution in [2.75, 3.05) is 11.1 Å². The van der Waals surface area contributed by atoms with Crippen LogP contribution in [0.2, 0.25) is 10.0 Å². The van der Waals surface area contributed by atoms with E-state index in [-0.39, 0.29) is 22.8 Å². The fraction of sp³-hybridized carbons (Fsp3) is 0.0769. The Morgan fingerprint density at radius 1 is 1.35 bits per heavy atom. The van der Waals surface area contributed by atoms with Crippen molar-refractivity contribution in [3.63, 3.8) is 0 Å². The van der Waals surface area contributed by atoms with Gasteiger partial charge in [-0.1, -0.05) is 35.0 Å². The first kappa shape index (κ1) is 16.3. The molecule has 6 nitrogen and oxygen atoms in total. The lowest BCUT2D eigenvalue weighted by Crippen LogP contribution is -2.13. The Kier molecular flexibility index (Phi) is 5.16. The normalized spacial score (nSPS) is 10.7. The molecule has 10 heteroatoms. The van der Waals surface area contributed by atoms with E-state index in [1.165, 1.54) is 11.3 Å². The van der Waals surface area contributed by atoms with Crippen LogP contribution in [0.5, 0.6) is 0 Å². The van der Waals surface area contributed by atoms with Crippen LogP contribution in [0, 0.1) is 0 Å². The number of nitrogens with zero attached hydrogens (tertiary/aromatic N) is 3. The van der Waals surface area contributed by atoms with Gasteiger partial charge in [0.05, 0.1) is 16.3 Å². The molecule has 0 aliphatic heterocycles. The lowest BCUT2D eigenvalue weighted by Gasteiger charge is -1.99. The van der Waals surface area contributed by atoms with E-state index in [2.05, 4.69) is 20.5 Å². The van der Waals surface area contributed by atoms with Gasteiger partial charge in [0.15, 0.2) is 5.13 Å². The van der Waals surface area contributed by atoms with Crippen molar-refractivity contribution in [2.45, 2.75) is 5.22 Å². The van der Waals surface area contributed by atoms with Crippen LogP contribution in [0.15, 0.2) is 39.4 Å². The Bertz CT molecular complexity index is 823. The monoisotopic (exact) mass is 386 g/mol. The summed E-state index contributed by atoms with van der Waals surface area (Å²) in [6, 6.07) is 4.97. The van der Waals surface area contributed by atoms with Crippen LogP contribution in [-0.4, -0.2) is 26.8 Å². The van der Waals surface area contributed by atoms with Crippen molar-refractivity contribution >= 4 is 57.3 Å². The predicted molar refractivity (Wildman–Crippen MR) is 91.2 cm³/mol. The minimum absolute atomic E-state index is 0.134. The minimum atomic E-state index is -0.200. The molecule has 118 valence electrons. The van der Waals surface area contributed by atoms with Crippen molar-refractivity contribution in [2.24, 2.45) is 0 Å². The third-order valence-corrected chi connectivity index (χ3v) is 4.63. The zero-order valence-electron chi connectivity index (χ0n) is 11.3. The summed E-state index contributed by atoms with van der Waals surface area (Å²) in [7, 11) is 0. The summed E-state index contributed by atoms with van der Waals surface area (Å²) in [5.74, 6) is 0.207. The van der Waals surface area contributed by atoms with Gasteiger partial charge in [0.2, 0.25) is 11.8 Å². The van der Waals surface area contributed by atoms with Gasteiger partial charge in [-0.2, -0.15) is 0 Å². The van der Waals surface area contributed by atoms with E-state index < -0.39 is 0 Å². The maximum Gasteiger partial charge on any atom is 0.277 e. The van der Waals surface area contributed by atoms with Crippen LogP contribution in [0.1, 0.15) is 0 Å². The molecule has 0 saturated carbocycles. The highest BCUT2D eigenvalue weighted by atomic mass is 35.5. The molecule has 0 atom stereocenters. The highest BCUT2D eigenvalue weighted by molar-refractivity contribution is 7.99. The predicted octanol–water partition coefficient (Wildman–Crippen LogP) is 4.23. The number of hydrogen-bond acceptors (Lipinski definition) is 7. The fourth-order valence-electron chi connectivity index (χ4n) is 1.61. The van der Waals surface area contributed by atoms with Crippen molar-refractivity contribution in [1.29, 1.82) is 0 Å². The van der Waals surface area contributed by atoms with Crippen LogP contribution in [-0.2, 0) is 4.79 Å². The molecule has 3 aromatic rings. The standard InChI is InChI=1S/C13H8Cl2N4O2S2/c14-7-1-2-8(9(15)5-7)11-18-19-13(21-11)23-6-10(20)17-12-16-3-4-22-12/h1-5H,6H2,(H,16,17,20). The van der Waals surface area contributed by atoms with Gasteiger partial charge >= 0.3 is 0 Å². The molecular formula is C13H8Cl2N4O2S2. The molecule has 0 aliphatic rings. The summed E-state index contributed by atoms with van der Waals surface area (Å²) in [5.41, 5.74) is 0.586. The molecule has 0 fully saturated rings. The molecule has 1 N–H and O–H groups in total. The third-order valence-electron chi connectivity index (χ3n) is 2.57. The molecule has 0 bridgehead atoms. The second-order valence-electron chi connectivity index (χ2n) is 4.17. The summed E-state index contributed by atoms with van der Waals surface area (Å²) >= 11 is 14.4. The zero-order valence-corrected chi connectivity index (χ0v) is 14.5. The highest BCUT2D eigenvalue weighted by Gasteiger charge is 2.14. The van der Waals surface area contributed by atoms with Crippen LogP contribution < -0.4 is 5.32 Å². The number of halogens is 2. The van der Waals surface area contributed by atoms with E-state index in [9.17, 15) is 4.79 Å². The number of thiazole rings is 1. The maximum atomic E-state index is 11.8. The van der Waals surface area contributed by atoms with Crippen LogP contribution in [0.4, 0.5) is 5.13 Å². The molecule has 0 spiro atoms. The van der Waals surface area contributed by atoms with Crippen LogP contribution in [0.25, 0.3) is 11.5 Å². The van der Waals surface area contributed by atoms with Crippen molar-refractivity contribution in [3.05, 3.63) is 39.8 Å². The Morgan fingerprint density at radius 3 is 2.96 bits per heavy atom. The zero-order chi connectivity index (χ0) is 16.2. The summed E-state index contributed by atoms with van der Waals surface area (Å²) < 4.78 is 5.50. The van der Waals surface area contributed by atoms with Gasteiger partial charge in [-0.05, 0) is 18.2 Å². The molecule has 23 heavy (non-hydrogen) atoms. The van der Waals surface area contributed by atoms with Crippen molar-refractivity contribution in [1.82, 2.24) is 15.2 Å². The van der Waals surface area contributed by atoms with Gasteiger partial charge in [0.25, 0.3) is 5.22 Å². The molecule has 0 radical (unpaired) electrons. The summed E-state index contributed by atoms with van der Waals surface area (Å²) in [4.78, 5) is 15.7. The first-order valence-corrected chi connectivity index (χ1v) is 8.85. The molecular weight excluding hydrogens is 379 g/mol. The van der Waals surface area contributed by atoms with Gasteiger partial charge in [0.1, 0.15) is 0 Å². The van der Waals surface area contributed by atoms with E-state index in [0.717, 1.165) is 11.8 Å². The topological polar surface area (TPSA) is 80.9 Å². The second-order valence-corrected chi connectivity index (χ2v) is 6.84. The Morgan fingerprint density at radius 2 is 2.22 bits per heavy atom. The van der Waals surface area contributed by atoms with E-state index in [0.29, 0.717) is 20.7 Å². The van der Waals surface area contributed by atoms with E-state index >= 15 is 0 Å². The Labute approximate surface area is 149 Å². The number of benzene rings is 1. The number of anilines is 1. The Balaban J connectivity index is 1.62. The maximum absolute atomic E-state index is 11.8. The molecule has 1 amide bonds. The minimum Gasteiger partial charge on any atom is -0.411 e. The first-order valence-electron chi connectivity index (χ1n) is 6.23. The average molecular weight is 387 g/mol. The number of aromatic nitrogens is 3. The molecule has 2 heterocycles. The van der Waals surface area contributed by atoms with Crippen LogP contribution in [0.3, 0.4) is 0 Å². The molecule has 1 aromatic carbocycles. The lowest BCUT2D eigenvalue weighted by molar-refractivity contribution is -0.113. The van der Waals surface area contributed by atoms with Gasteiger partial charge in [0, 0.05) is 16.6 Å². The molecule has 3 rings (SSSR count). The lowest BCUT2D eigenvalue weighted by atomic mass is 10.2. The second kappa shape index (κ2) is 7.31. The fourth-order valence-corrected chi connectivity index (χ4v) is 3.21. The SMILES string of the molecule is O=C(CSc1nnc(-c2ccc(Cl)cc2Cl)o1)Nc1nccs1. The number of nitrogens with one attached hydrogen (secondary N) is 1. The number of thioether (sulfide) groups is 1. The number of carbonyl (C=O) groups is 1. The van der Waals surface area contributed by atoms with Gasteiger partial charge < -0.3 is 9.73 Å². The largest absolute Gasteiger partial charge is 0.411 e. The summed E-state index contributed by atoms with van der Waals surface area (Å²) in [6.45, 7) is 0. The molecule has 2 aromatic heterocycles. The smallest absolute Gasteiger partial charge is 0.277 e. The van der Waals surface area contributed by atoms with E-state index in [1.807, 2.05) is 0 Å². The quantitative estimate of drug-likeness (QED) is 0.660. The van der Waals surface area contributed by atoms with Gasteiger partial charge in [-0.25, -0.2) is 4.98 Å². The van der Waals surface area contributed by atoms with Crippen LogP contribution >= 0.6 is 46.3 Å². The average Bonchev–Trinajstić information content (AvgIpc) is 3.17. The van der Waals surface area contributed by atoms with Gasteiger partial charge in [-0.3, -0.25) is 4.79 Å². The molecule has 0 aliphatic carbocycles. The first-order chi connectivity index (χ1) is 11.1. The molecule has 0 saturated heterocycles. The summed E-state index contributed by atoms with van der Waals surface area (Å²) in [6.07, 6.45) is 1.62. The highest BCUT2D eigenvalue weighted by Crippen LogP contribution is 2.31. The van der Waals surface area contributed by atoms with E-state index in [1.54, 1.807) is 29.8 Å². The number of hydrogen-bond donors (Lipinski definition) is 1. The number of rotatable bonds is 5.